The maximum absolute atomic E-state index is 11.3. The second kappa shape index (κ2) is 3.33. The summed E-state index contributed by atoms with van der Waals surface area (Å²) in [5.74, 6) is 0. The highest BCUT2D eigenvalue weighted by Crippen LogP contribution is 2.12. The Kier molecular flexibility index (Phi) is 3.04. The number of carboxylic acid groups (broad SMARTS) is 1. The lowest BCUT2D eigenvalue weighted by Gasteiger charge is -2.11. The second-order valence-electron chi connectivity index (χ2n) is 1.73. The Morgan fingerprint density at radius 2 is 2.00 bits per heavy atom. The third-order valence-electron chi connectivity index (χ3n) is 0.748. The zero-order valence-electron chi connectivity index (χ0n) is 4.98. The molecule has 1 amide bonds. The highest BCUT2D eigenvalue weighted by atomic mass is 19.4. The number of hydrogen-bond acceptors (Lipinski definition) is 1. The highest BCUT2D eigenvalue weighted by molar-refractivity contribution is 6.58. The van der Waals surface area contributed by atoms with E-state index in [0.29, 0.717) is 0 Å². The average molecular weight is 156 g/mol. The Morgan fingerprint density at radius 3 is 2.30 bits per heavy atom. The van der Waals surface area contributed by atoms with Crippen molar-refractivity contribution >= 4 is 13.1 Å². The van der Waals surface area contributed by atoms with Gasteiger partial charge in [-0.15, -0.1) is 0 Å². The van der Waals surface area contributed by atoms with Crippen LogP contribution in [0.25, 0.3) is 0 Å². The summed E-state index contributed by atoms with van der Waals surface area (Å²) in [7, 11) is 0. The number of carbonyl (C=O) groups is 1. The van der Waals surface area contributed by atoms with Gasteiger partial charge in [0.1, 0.15) is 0 Å². The van der Waals surface area contributed by atoms with Gasteiger partial charge in [0.15, 0.2) is 0 Å². The zero-order valence-corrected chi connectivity index (χ0v) is 4.98. The van der Waals surface area contributed by atoms with Gasteiger partial charge >= 0.3 is 13.1 Å². The van der Waals surface area contributed by atoms with Crippen molar-refractivity contribution in [1.82, 2.24) is 5.32 Å². The Hall–Kier alpha value is -0.875. The number of halogens is 3. The Labute approximate surface area is 55.3 Å². The summed E-state index contributed by atoms with van der Waals surface area (Å²) in [6.45, 7) is -5.41. The van der Waals surface area contributed by atoms with E-state index >= 15 is 0 Å². The predicted molar refractivity (Wildman–Crippen MR) is 29.9 cm³/mol. The van der Waals surface area contributed by atoms with Gasteiger partial charge in [-0.2, -0.15) is 0 Å². The lowest BCUT2D eigenvalue weighted by Crippen LogP contribution is -2.27. The molecule has 0 radical (unpaired) electrons. The van der Waals surface area contributed by atoms with Crippen LogP contribution >= 0.6 is 0 Å². The van der Waals surface area contributed by atoms with Crippen LogP contribution in [0.15, 0.2) is 0 Å². The van der Waals surface area contributed by atoms with Gasteiger partial charge in [-0.3, -0.25) is 0 Å². The largest absolute Gasteiger partial charge is 0.480 e. The van der Waals surface area contributed by atoms with Gasteiger partial charge in [-0.05, 0) is 6.54 Å². The van der Waals surface area contributed by atoms with Crippen LogP contribution in [0.1, 0.15) is 0 Å². The molecule has 0 aromatic heterocycles. The number of rotatable bonds is 3. The number of hydrogen-bond donors (Lipinski definition) is 2. The third kappa shape index (κ3) is 7.12. The van der Waals surface area contributed by atoms with Crippen LogP contribution in [0.3, 0.4) is 0 Å². The number of amides is 1. The molecule has 0 spiro atoms. The Balaban J connectivity index is 3.29. The fourth-order valence-electron chi connectivity index (χ4n) is 0.343. The molecule has 0 rings (SSSR count). The first-order valence-corrected chi connectivity index (χ1v) is 2.59. The maximum Gasteiger partial charge on any atom is 0.480 e. The van der Waals surface area contributed by atoms with Gasteiger partial charge in [0.05, 0.1) is 0 Å². The van der Waals surface area contributed by atoms with Crippen LogP contribution in [0.5, 0.6) is 0 Å². The first-order valence-electron chi connectivity index (χ1n) is 2.59. The summed E-state index contributed by atoms with van der Waals surface area (Å²) in [5.41, 5.74) is 0. The molecular formula is C3H6BF3NO2-. The topological polar surface area (TPSA) is 49.3 Å². The third-order valence-corrected chi connectivity index (χ3v) is 0.748. The van der Waals surface area contributed by atoms with Crippen LogP contribution in [0, 0.1) is 0 Å². The molecule has 0 heterocycles. The highest BCUT2D eigenvalue weighted by Gasteiger charge is 2.21. The first-order chi connectivity index (χ1) is 4.42. The average Bonchev–Trinajstić information content (AvgIpc) is 1.59. The van der Waals surface area contributed by atoms with Crippen LogP contribution in [-0.2, 0) is 0 Å². The van der Waals surface area contributed by atoms with Crippen molar-refractivity contribution < 1.29 is 22.8 Å². The van der Waals surface area contributed by atoms with Crippen molar-refractivity contribution in [2.75, 3.05) is 6.54 Å². The molecule has 0 aromatic rings. The normalized spacial score (nSPS) is 11.1. The van der Waals surface area contributed by atoms with Gasteiger partial charge in [0.2, 0.25) is 0 Å². The van der Waals surface area contributed by atoms with Gasteiger partial charge in [0, 0.05) is 0 Å². The summed E-state index contributed by atoms with van der Waals surface area (Å²) >= 11 is 0. The molecule has 0 saturated heterocycles. The molecule has 0 saturated carbocycles. The van der Waals surface area contributed by atoms with E-state index in [2.05, 4.69) is 0 Å². The SMILES string of the molecule is O=C(O)NCC[B-](F)(F)F. The molecule has 10 heavy (non-hydrogen) atoms. The lowest BCUT2D eigenvalue weighted by atomic mass is 9.86. The van der Waals surface area contributed by atoms with Crippen molar-refractivity contribution in [3.63, 3.8) is 0 Å². The second-order valence-corrected chi connectivity index (χ2v) is 1.73. The summed E-state index contributed by atoms with van der Waals surface area (Å²) < 4.78 is 34.0. The predicted octanol–water partition coefficient (Wildman–Crippen LogP) is 1.10. The summed E-state index contributed by atoms with van der Waals surface area (Å²) in [6, 6.07) is 0. The number of nitrogens with one attached hydrogen (secondary N) is 1. The molecule has 0 atom stereocenters. The molecule has 60 valence electrons. The van der Waals surface area contributed by atoms with E-state index in [1.807, 2.05) is 0 Å². The van der Waals surface area contributed by atoms with E-state index in [1.54, 1.807) is 5.32 Å². The first kappa shape index (κ1) is 9.12. The fraction of sp³-hybridized carbons (Fsp3) is 0.667. The van der Waals surface area contributed by atoms with Gasteiger partial charge < -0.3 is 23.4 Å². The van der Waals surface area contributed by atoms with E-state index in [9.17, 15) is 17.7 Å². The quantitative estimate of drug-likeness (QED) is 0.601. The van der Waals surface area contributed by atoms with E-state index < -0.39 is 25.9 Å². The molecule has 0 bridgehead atoms. The Morgan fingerprint density at radius 1 is 1.50 bits per heavy atom. The van der Waals surface area contributed by atoms with Crippen LogP contribution < -0.4 is 5.32 Å². The molecule has 0 aliphatic heterocycles. The maximum atomic E-state index is 11.3. The molecule has 0 aromatic carbocycles. The molecule has 2 N–H and O–H groups in total. The minimum atomic E-state index is -4.86. The molecule has 0 aliphatic carbocycles. The zero-order chi connectivity index (χ0) is 8.20. The van der Waals surface area contributed by atoms with E-state index in [4.69, 9.17) is 5.11 Å². The molecule has 0 fully saturated rings. The fourth-order valence-corrected chi connectivity index (χ4v) is 0.343. The van der Waals surface area contributed by atoms with E-state index in [0.717, 1.165) is 0 Å². The van der Waals surface area contributed by atoms with Crippen molar-refractivity contribution in [2.45, 2.75) is 6.32 Å². The van der Waals surface area contributed by atoms with E-state index in [1.165, 1.54) is 0 Å². The monoisotopic (exact) mass is 156 g/mol. The van der Waals surface area contributed by atoms with Crippen molar-refractivity contribution in [2.24, 2.45) is 0 Å². The van der Waals surface area contributed by atoms with E-state index in [-0.39, 0.29) is 0 Å². The minimum absolute atomic E-state index is 0.557. The molecule has 3 nitrogen and oxygen atoms in total. The standard InChI is InChI=1S/C3H6BF3NO2/c5-4(6,7)1-2-8-3(9)10/h8H,1-2H2,(H,9,10)/q-1. The smallest absolute Gasteiger partial charge is 0.465 e. The molecule has 0 unspecified atom stereocenters. The summed E-state index contributed by atoms with van der Waals surface area (Å²) in [5, 5.41) is 9.45. The summed E-state index contributed by atoms with van der Waals surface area (Å²) in [4.78, 5) is 9.61. The summed E-state index contributed by atoms with van der Waals surface area (Å²) in [6.07, 6.45) is -2.49. The minimum Gasteiger partial charge on any atom is -0.465 e. The van der Waals surface area contributed by atoms with Crippen molar-refractivity contribution in [1.29, 1.82) is 0 Å². The van der Waals surface area contributed by atoms with Crippen LogP contribution in [0.2, 0.25) is 6.32 Å². The van der Waals surface area contributed by atoms with Crippen molar-refractivity contribution in [3.8, 4) is 0 Å². The van der Waals surface area contributed by atoms with Gasteiger partial charge in [0.25, 0.3) is 0 Å². The molecule has 0 aliphatic rings. The van der Waals surface area contributed by atoms with Crippen molar-refractivity contribution in [3.05, 3.63) is 0 Å². The molecule has 7 heteroatoms. The Bertz CT molecular complexity index is 125. The van der Waals surface area contributed by atoms with Gasteiger partial charge in [-0.25, -0.2) is 4.79 Å². The lowest BCUT2D eigenvalue weighted by molar-refractivity contribution is 0.195. The van der Waals surface area contributed by atoms with Crippen LogP contribution in [0.4, 0.5) is 17.7 Å². The van der Waals surface area contributed by atoms with Crippen LogP contribution in [-0.4, -0.2) is 24.7 Å². The molecular weight excluding hydrogens is 150 g/mol. The van der Waals surface area contributed by atoms with Gasteiger partial charge in [-0.1, -0.05) is 6.32 Å².